The fourth-order valence-electron chi connectivity index (χ4n) is 1.23. The lowest BCUT2D eigenvalue weighted by Crippen LogP contribution is -2.02. The lowest BCUT2D eigenvalue weighted by atomic mass is 10.1. The molecular weight excluding hydrogens is 138 g/mol. The lowest BCUT2D eigenvalue weighted by molar-refractivity contribution is 0.751. The Labute approximate surface area is 66.0 Å². The summed E-state index contributed by atoms with van der Waals surface area (Å²) in [6.07, 6.45) is 4.47. The normalized spacial score (nSPS) is 20.2. The number of rotatable bonds is 2. The molecule has 0 spiro atoms. The molecule has 1 heterocycles. The van der Waals surface area contributed by atoms with Gasteiger partial charge in [0.2, 0.25) is 0 Å². The van der Waals surface area contributed by atoms with Gasteiger partial charge in [-0.3, -0.25) is 0 Å². The van der Waals surface area contributed by atoms with E-state index in [1.54, 1.807) is 0 Å². The summed E-state index contributed by atoms with van der Waals surface area (Å²) in [6.45, 7) is 2.76. The Balaban J connectivity index is 2.25. The highest BCUT2D eigenvalue weighted by molar-refractivity contribution is 5.21. The highest BCUT2D eigenvalue weighted by Gasteiger charge is 2.40. The molecule has 0 atom stereocenters. The lowest BCUT2D eigenvalue weighted by Gasteiger charge is -2.02. The summed E-state index contributed by atoms with van der Waals surface area (Å²) in [5.74, 6) is 0.896. The first-order chi connectivity index (χ1) is 5.24. The summed E-state index contributed by atoms with van der Waals surface area (Å²) >= 11 is 0. The van der Waals surface area contributed by atoms with E-state index in [4.69, 9.17) is 5.73 Å². The van der Waals surface area contributed by atoms with Gasteiger partial charge in [-0.05, 0) is 12.8 Å². The molecule has 0 unspecified atom stereocenters. The summed E-state index contributed by atoms with van der Waals surface area (Å²) in [4.78, 5) is 7.39. The molecule has 1 aliphatic rings. The third-order valence-corrected chi connectivity index (χ3v) is 2.47. The second-order valence-electron chi connectivity index (χ2n) is 3.51. The number of nitrogens with two attached hydrogens (primary N) is 1. The molecule has 1 aliphatic carbocycles. The van der Waals surface area contributed by atoms with E-state index in [1.165, 1.54) is 18.5 Å². The van der Waals surface area contributed by atoms with Crippen molar-refractivity contribution in [2.24, 2.45) is 5.73 Å². The van der Waals surface area contributed by atoms with E-state index in [0.717, 1.165) is 5.82 Å². The molecule has 60 valence electrons. The van der Waals surface area contributed by atoms with Crippen LogP contribution in [0.4, 0.5) is 0 Å². The van der Waals surface area contributed by atoms with Crippen LogP contribution in [0, 0.1) is 0 Å². The summed E-state index contributed by atoms with van der Waals surface area (Å²) in [5.41, 5.74) is 7.07. The number of H-pyrrole nitrogens is 1. The van der Waals surface area contributed by atoms with Crippen LogP contribution in [-0.4, -0.2) is 9.97 Å². The maximum absolute atomic E-state index is 5.43. The maximum atomic E-state index is 5.43. The number of imidazole rings is 1. The van der Waals surface area contributed by atoms with Gasteiger partial charge in [-0.25, -0.2) is 4.98 Å². The van der Waals surface area contributed by atoms with E-state index in [2.05, 4.69) is 16.9 Å². The Morgan fingerprint density at radius 3 is 2.91 bits per heavy atom. The zero-order valence-corrected chi connectivity index (χ0v) is 6.72. The summed E-state index contributed by atoms with van der Waals surface area (Å²) in [6, 6.07) is 0. The van der Waals surface area contributed by atoms with Crippen molar-refractivity contribution in [2.75, 3.05) is 0 Å². The van der Waals surface area contributed by atoms with Crippen molar-refractivity contribution in [1.29, 1.82) is 0 Å². The summed E-state index contributed by atoms with van der Waals surface area (Å²) < 4.78 is 0. The SMILES string of the molecule is CC1(c2cnc(CN)[nH]2)CC1. The molecule has 1 saturated carbocycles. The molecule has 1 aromatic heterocycles. The highest BCUT2D eigenvalue weighted by Crippen LogP contribution is 2.46. The Morgan fingerprint density at radius 1 is 1.73 bits per heavy atom. The van der Waals surface area contributed by atoms with Crippen LogP contribution in [-0.2, 0) is 12.0 Å². The van der Waals surface area contributed by atoms with Crippen LogP contribution < -0.4 is 5.73 Å². The van der Waals surface area contributed by atoms with Gasteiger partial charge in [0.25, 0.3) is 0 Å². The van der Waals surface area contributed by atoms with Crippen molar-refractivity contribution in [2.45, 2.75) is 31.7 Å². The first-order valence-electron chi connectivity index (χ1n) is 3.99. The highest BCUT2D eigenvalue weighted by atomic mass is 14.9. The Kier molecular flexibility index (Phi) is 1.29. The molecule has 3 heteroatoms. The molecule has 0 bridgehead atoms. The number of aromatic nitrogens is 2. The Bertz CT molecular complexity index is 260. The Hall–Kier alpha value is -0.830. The second-order valence-corrected chi connectivity index (χ2v) is 3.51. The van der Waals surface area contributed by atoms with Gasteiger partial charge in [0.05, 0.1) is 6.54 Å². The van der Waals surface area contributed by atoms with E-state index in [1.807, 2.05) is 6.20 Å². The average molecular weight is 151 g/mol. The van der Waals surface area contributed by atoms with Gasteiger partial charge in [0.1, 0.15) is 5.82 Å². The molecule has 2 rings (SSSR count). The third-order valence-electron chi connectivity index (χ3n) is 2.47. The maximum Gasteiger partial charge on any atom is 0.120 e. The predicted molar refractivity (Wildman–Crippen MR) is 43.1 cm³/mol. The molecule has 1 aromatic rings. The zero-order valence-electron chi connectivity index (χ0n) is 6.72. The monoisotopic (exact) mass is 151 g/mol. The van der Waals surface area contributed by atoms with E-state index >= 15 is 0 Å². The molecule has 11 heavy (non-hydrogen) atoms. The summed E-state index contributed by atoms with van der Waals surface area (Å²) in [7, 11) is 0. The number of hydrogen-bond acceptors (Lipinski definition) is 2. The number of nitrogens with one attached hydrogen (secondary N) is 1. The van der Waals surface area contributed by atoms with Crippen molar-refractivity contribution in [3.8, 4) is 0 Å². The van der Waals surface area contributed by atoms with E-state index < -0.39 is 0 Å². The quantitative estimate of drug-likeness (QED) is 0.660. The van der Waals surface area contributed by atoms with Crippen molar-refractivity contribution in [1.82, 2.24) is 9.97 Å². The van der Waals surface area contributed by atoms with Crippen LogP contribution in [0.3, 0.4) is 0 Å². The first-order valence-corrected chi connectivity index (χ1v) is 3.99. The van der Waals surface area contributed by atoms with Gasteiger partial charge in [-0.15, -0.1) is 0 Å². The van der Waals surface area contributed by atoms with Gasteiger partial charge in [0.15, 0.2) is 0 Å². The fraction of sp³-hybridized carbons (Fsp3) is 0.625. The minimum Gasteiger partial charge on any atom is -0.344 e. The van der Waals surface area contributed by atoms with E-state index in [-0.39, 0.29) is 0 Å². The second kappa shape index (κ2) is 2.08. The van der Waals surface area contributed by atoms with Crippen LogP contribution in [0.2, 0.25) is 0 Å². The van der Waals surface area contributed by atoms with Crippen LogP contribution in [0.15, 0.2) is 6.20 Å². The van der Waals surface area contributed by atoms with Crippen LogP contribution in [0.25, 0.3) is 0 Å². The van der Waals surface area contributed by atoms with Gasteiger partial charge < -0.3 is 10.7 Å². The first kappa shape index (κ1) is 6.85. The molecule has 0 saturated heterocycles. The molecule has 0 aliphatic heterocycles. The van der Waals surface area contributed by atoms with Gasteiger partial charge in [-0.2, -0.15) is 0 Å². The van der Waals surface area contributed by atoms with Crippen LogP contribution in [0.5, 0.6) is 0 Å². The average Bonchev–Trinajstić information content (AvgIpc) is 2.61. The minimum atomic E-state index is 0.389. The smallest absolute Gasteiger partial charge is 0.120 e. The Morgan fingerprint density at radius 2 is 2.45 bits per heavy atom. The fourth-order valence-corrected chi connectivity index (χ4v) is 1.23. The van der Waals surface area contributed by atoms with E-state index in [9.17, 15) is 0 Å². The molecule has 0 radical (unpaired) electrons. The van der Waals surface area contributed by atoms with Gasteiger partial charge in [0, 0.05) is 17.3 Å². The molecule has 0 amide bonds. The minimum absolute atomic E-state index is 0.389. The van der Waals surface area contributed by atoms with Crippen molar-refractivity contribution < 1.29 is 0 Å². The topological polar surface area (TPSA) is 54.7 Å². The molecule has 3 nitrogen and oxygen atoms in total. The molecular formula is C8H13N3. The third kappa shape index (κ3) is 1.05. The number of aromatic amines is 1. The van der Waals surface area contributed by atoms with Crippen LogP contribution >= 0.6 is 0 Å². The van der Waals surface area contributed by atoms with Crippen LogP contribution in [0.1, 0.15) is 31.3 Å². The van der Waals surface area contributed by atoms with Crippen molar-refractivity contribution in [3.63, 3.8) is 0 Å². The summed E-state index contributed by atoms with van der Waals surface area (Å²) in [5, 5.41) is 0. The van der Waals surface area contributed by atoms with Gasteiger partial charge >= 0.3 is 0 Å². The molecule has 0 aromatic carbocycles. The molecule has 3 N–H and O–H groups in total. The zero-order chi connectivity index (χ0) is 7.90. The van der Waals surface area contributed by atoms with Gasteiger partial charge in [-0.1, -0.05) is 6.92 Å². The van der Waals surface area contributed by atoms with Crippen molar-refractivity contribution >= 4 is 0 Å². The number of hydrogen-bond donors (Lipinski definition) is 2. The number of nitrogens with zero attached hydrogens (tertiary/aromatic N) is 1. The predicted octanol–water partition coefficient (Wildman–Crippen LogP) is 0.920. The van der Waals surface area contributed by atoms with Crippen molar-refractivity contribution in [3.05, 3.63) is 17.7 Å². The van der Waals surface area contributed by atoms with E-state index in [0.29, 0.717) is 12.0 Å². The largest absolute Gasteiger partial charge is 0.344 e. The standard InChI is InChI=1S/C8H13N3/c1-8(2-3-8)6-5-10-7(4-9)11-6/h5H,2-4,9H2,1H3,(H,10,11). The molecule has 1 fully saturated rings.